The molecular formula is C33H43N5O3. The summed E-state index contributed by atoms with van der Waals surface area (Å²) in [6.07, 6.45) is 5.01. The van der Waals surface area contributed by atoms with Gasteiger partial charge >= 0.3 is 6.09 Å². The van der Waals surface area contributed by atoms with Crippen LogP contribution in [0, 0.1) is 5.92 Å². The van der Waals surface area contributed by atoms with Gasteiger partial charge in [0.1, 0.15) is 5.60 Å². The van der Waals surface area contributed by atoms with Gasteiger partial charge in [-0.15, -0.1) is 0 Å². The van der Waals surface area contributed by atoms with Crippen LogP contribution in [-0.4, -0.2) is 83.6 Å². The summed E-state index contributed by atoms with van der Waals surface area (Å²) < 4.78 is 5.59. The minimum atomic E-state index is -0.521. The Morgan fingerprint density at radius 3 is 2.41 bits per heavy atom. The second-order valence-electron chi connectivity index (χ2n) is 12.8. The third kappa shape index (κ3) is 5.94. The maximum absolute atomic E-state index is 14.4. The maximum Gasteiger partial charge on any atom is 0.410 e. The molecule has 2 N–H and O–H groups in total. The molecule has 0 spiro atoms. The van der Waals surface area contributed by atoms with Gasteiger partial charge in [0.15, 0.2) is 5.78 Å². The van der Waals surface area contributed by atoms with Crippen molar-refractivity contribution >= 4 is 34.2 Å². The Morgan fingerprint density at radius 1 is 0.902 bits per heavy atom. The number of hydrogen-bond acceptors (Lipinski definition) is 6. The standard InChI is InChI=1S/C33H43N5O3/c1-33(2,3)41-32(40)38-17-14-24(15-18-38)31(39)30(28-12-11-23-7-4-5-8-26(23)35-28)37-21-19-36(20-22-37)29-10-6-9-27-25(29)13-16-34-27/h4-10,13,16,24,28,30,34-35H,11-12,14-15,17-22H2,1-3H3. The summed E-state index contributed by atoms with van der Waals surface area (Å²) in [5.41, 5.74) is 4.36. The predicted octanol–water partition coefficient (Wildman–Crippen LogP) is 5.30. The van der Waals surface area contributed by atoms with Gasteiger partial charge in [0.2, 0.25) is 0 Å². The molecule has 2 fully saturated rings. The number of fused-ring (bicyclic) bond motifs is 2. The lowest BCUT2D eigenvalue weighted by molar-refractivity contribution is -0.130. The summed E-state index contributed by atoms with van der Waals surface area (Å²) in [5, 5.41) is 5.01. The number of H-pyrrole nitrogens is 1. The SMILES string of the molecule is CC(C)(C)OC(=O)N1CCC(C(=O)C(C2CCc3ccccc3N2)N2CCN(c3cccc4[nH]ccc34)CC2)CC1. The van der Waals surface area contributed by atoms with Gasteiger partial charge in [-0.2, -0.15) is 0 Å². The molecule has 8 heteroatoms. The number of likely N-dealkylation sites (tertiary alicyclic amines) is 1. The van der Waals surface area contributed by atoms with Gasteiger partial charge in [0.25, 0.3) is 0 Å². The van der Waals surface area contributed by atoms with Crippen LogP contribution in [0.5, 0.6) is 0 Å². The van der Waals surface area contributed by atoms with Crippen molar-refractivity contribution in [1.82, 2.24) is 14.8 Å². The molecule has 0 aliphatic carbocycles. The van der Waals surface area contributed by atoms with Gasteiger partial charge in [-0.05, 0) is 76.3 Å². The molecule has 4 heterocycles. The zero-order chi connectivity index (χ0) is 28.6. The number of ether oxygens (including phenoxy) is 1. The highest BCUT2D eigenvalue weighted by molar-refractivity contribution is 5.92. The predicted molar refractivity (Wildman–Crippen MR) is 164 cm³/mol. The molecule has 3 aromatic rings. The topological polar surface area (TPSA) is 80.9 Å². The first-order valence-corrected chi connectivity index (χ1v) is 15.2. The Hall–Kier alpha value is -3.52. The normalized spacial score (nSPS) is 21.3. The van der Waals surface area contributed by atoms with Crippen LogP contribution < -0.4 is 10.2 Å². The molecule has 0 saturated carbocycles. The van der Waals surface area contributed by atoms with E-state index in [0.29, 0.717) is 31.7 Å². The number of aromatic nitrogens is 1. The zero-order valence-corrected chi connectivity index (χ0v) is 24.6. The monoisotopic (exact) mass is 557 g/mol. The molecule has 1 aromatic heterocycles. The number of piperazine rings is 1. The average Bonchev–Trinajstić information content (AvgIpc) is 3.46. The molecule has 2 saturated heterocycles. The van der Waals surface area contributed by atoms with Crippen LogP contribution in [0.4, 0.5) is 16.2 Å². The number of anilines is 2. The first-order valence-electron chi connectivity index (χ1n) is 15.2. The van der Waals surface area contributed by atoms with Crippen molar-refractivity contribution < 1.29 is 14.3 Å². The molecule has 3 aliphatic heterocycles. The summed E-state index contributed by atoms with van der Waals surface area (Å²) in [6.45, 7) is 10.2. The largest absolute Gasteiger partial charge is 0.444 e. The van der Waals surface area contributed by atoms with Crippen molar-refractivity contribution in [3.8, 4) is 0 Å². The quantitative estimate of drug-likeness (QED) is 0.443. The van der Waals surface area contributed by atoms with Crippen LogP contribution in [0.3, 0.4) is 0 Å². The molecule has 0 radical (unpaired) electrons. The highest BCUT2D eigenvalue weighted by Gasteiger charge is 2.41. The fourth-order valence-corrected chi connectivity index (χ4v) is 6.83. The van der Waals surface area contributed by atoms with E-state index in [-0.39, 0.29) is 24.1 Å². The number of hydrogen-bond donors (Lipinski definition) is 2. The first kappa shape index (κ1) is 27.6. The van der Waals surface area contributed by atoms with Crippen LogP contribution in [0.15, 0.2) is 54.7 Å². The number of benzene rings is 2. The molecular weight excluding hydrogens is 514 g/mol. The number of carbonyl (C=O) groups excluding carboxylic acids is 2. The van der Waals surface area contributed by atoms with Gasteiger partial charge in [-0.1, -0.05) is 24.3 Å². The van der Waals surface area contributed by atoms with E-state index in [4.69, 9.17) is 4.74 Å². The highest BCUT2D eigenvalue weighted by Crippen LogP contribution is 2.32. The fourth-order valence-electron chi connectivity index (χ4n) is 6.83. The lowest BCUT2D eigenvalue weighted by Gasteiger charge is -2.45. The van der Waals surface area contributed by atoms with Crippen molar-refractivity contribution in [2.45, 2.75) is 64.1 Å². The Bertz CT molecular complexity index is 1380. The molecule has 41 heavy (non-hydrogen) atoms. The molecule has 218 valence electrons. The summed E-state index contributed by atoms with van der Waals surface area (Å²) in [4.78, 5) is 37.0. The van der Waals surface area contributed by atoms with E-state index in [1.54, 1.807) is 4.90 Å². The number of Topliss-reactive ketones (excluding diaryl/α,β-unsaturated/α-hetero) is 1. The summed E-state index contributed by atoms with van der Waals surface area (Å²) in [5.74, 6) is 0.274. The molecule has 6 rings (SSSR count). The Kier molecular flexibility index (Phi) is 7.68. The van der Waals surface area contributed by atoms with E-state index in [1.807, 2.05) is 27.0 Å². The molecule has 1 amide bonds. The molecule has 2 unspecified atom stereocenters. The number of nitrogens with one attached hydrogen (secondary N) is 2. The number of para-hydroxylation sites is 1. The highest BCUT2D eigenvalue weighted by atomic mass is 16.6. The van der Waals surface area contributed by atoms with Crippen molar-refractivity contribution in [2.24, 2.45) is 5.92 Å². The van der Waals surface area contributed by atoms with Crippen molar-refractivity contribution in [3.05, 3.63) is 60.3 Å². The number of aryl methyl sites for hydroxylation is 1. The summed E-state index contributed by atoms with van der Waals surface area (Å²) in [7, 11) is 0. The third-order valence-electron chi connectivity index (χ3n) is 8.92. The lowest BCUT2D eigenvalue weighted by Crippen LogP contribution is -2.60. The van der Waals surface area contributed by atoms with Crippen molar-refractivity contribution in [3.63, 3.8) is 0 Å². The Balaban J connectivity index is 1.17. The maximum atomic E-state index is 14.4. The van der Waals surface area contributed by atoms with Gasteiger partial charge in [-0.25, -0.2) is 4.79 Å². The van der Waals surface area contributed by atoms with Gasteiger partial charge < -0.3 is 24.8 Å². The van der Waals surface area contributed by atoms with Crippen molar-refractivity contribution in [1.29, 1.82) is 0 Å². The molecule has 2 aromatic carbocycles. The van der Waals surface area contributed by atoms with E-state index < -0.39 is 5.60 Å². The second-order valence-corrected chi connectivity index (χ2v) is 12.8. The minimum absolute atomic E-state index is 0.0516. The van der Waals surface area contributed by atoms with Crippen LogP contribution in [-0.2, 0) is 16.0 Å². The number of nitrogens with zero attached hydrogens (tertiary/aromatic N) is 3. The van der Waals surface area contributed by atoms with E-state index in [2.05, 4.69) is 68.6 Å². The fraction of sp³-hybridized carbons (Fsp3) is 0.515. The van der Waals surface area contributed by atoms with Gasteiger partial charge in [0, 0.05) is 79.7 Å². The van der Waals surface area contributed by atoms with E-state index in [0.717, 1.165) is 50.2 Å². The number of amides is 1. The molecule has 8 nitrogen and oxygen atoms in total. The molecule has 3 aliphatic rings. The van der Waals surface area contributed by atoms with Crippen LogP contribution in [0.2, 0.25) is 0 Å². The number of piperidine rings is 1. The number of ketones is 1. The smallest absolute Gasteiger partial charge is 0.410 e. The number of aromatic amines is 1. The second kappa shape index (κ2) is 11.4. The Morgan fingerprint density at radius 2 is 1.66 bits per heavy atom. The third-order valence-corrected chi connectivity index (χ3v) is 8.92. The van der Waals surface area contributed by atoms with Gasteiger partial charge in [-0.3, -0.25) is 9.69 Å². The first-order chi connectivity index (χ1) is 19.8. The van der Waals surface area contributed by atoms with Crippen LogP contribution in [0.1, 0.15) is 45.6 Å². The number of carbonyl (C=O) groups is 2. The minimum Gasteiger partial charge on any atom is -0.444 e. The molecule has 0 bridgehead atoms. The zero-order valence-electron chi connectivity index (χ0n) is 24.6. The van der Waals surface area contributed by atoms with Crippen molar-refractivity contribution in [2.75, 3.05) is 49.5 Å². The summed E-state index contributed by atoms with van der Waals surface area (Å²) in [6, 6.07) is 16.9. The summed E-state index contributed by atoms with van der Waals surface area (Å²) >= 11 is 0. The van der Waals surface area contributed by atoms with Crippen LogP contribution in [0.25, 0.3) is 10.9 Å². The number of rotatable bonds is 5. The molecule has 2 atom stereocenters. The Labute approximate surface area is 243 Å². The average molecular weight is 558 g/mol. The van der Waals surface area contributed by atoms with E-state index >= 15 is 0 Å². The van der Waals surface area contributed by atoms with E-state index in [9.17, 15) is 9.59 Å². The van der Waals surface area contributed by atoms with Crippen LogP contribution >= 0.6 is 0 Å². The lowest BCUT2D eigenvalue weighted by atomic mass is 9.82. The van der Waals surface area contributed by atoms with Gasteiger partial charge in [0.05, 0.1) is 6.04 Å². The van der Waals surface area contributed by atoms with E-state index in [1.165, 1.54) is 16.6 Å².